The molecule has 0 aromatic heterocycles. The van der Waals surface area contributed by atoms with E-state index in [2.05, 4.69) is 53.6 Å². The summed E-state index contributed by atoms with van der Waals surface area (Å²) in [4.78, 5) is 2.23. The van der Waals surface area contributed by atoms with Gasteiger partial charge in [-0.15, -0.1) is 0 Å². The molecule has 1 atom stereocenters. The fraction of sp³-hybridized carbons (Fsp3) is 1.00. The number of unbranched alkanes of at least 4 members (excludes halogenated alkanes) is 2. The Hall–Kier alpha value is -0.0400. The van der Waals surface area contributed by atoms with Crippen molar-refractivity contribution in [3.05, 3.63) is 0 Å². The predicted octanol–water partition coefficient (Wildman–Crippen LogP) is 5.84. The maximum Gasteiger partial charge on any atom is -0.00248 e. The molecule has 0 bridgehead atoms. The smallest absolute Gasteiger partial charge is 0.00248 e. The minimum Gasteiger partial charge on any atom is -0.309 e. The summed E-state index contributed by atoms with van der Waals surface area (Å²) in [5.41, 5.74) is 0. The molecule has 0 heterocycles. The van der Waals surface area contributed by atoms with E-state index in [-0.39, 0.29) is 0 Å². The molecule has 1 nitrogen and oxygen atoms in total. The monoisotopic (exact) mass is 259 g/mol. The zero-order valence-electron chi connectivity index (χ0n) is 14.8. The van der Waals surface area contributed by atoms with E-state index in [1.54, 1.807) is 0 Å². The van der Waals surface area contributed by atoms with E-state index in [4.69, 9.17) is 0 Å². The standard InChI is InChI=1S/C8H18.C7H17N.C2H6/c1-5-6-8(4)7(2)3;1-4-5-6-7-8(2)3;1-2/h7-8H,5-6H2,1-4H3;4-7H2,1-3H3;1-2H3. The Balaban J connectivity index is -0.000000219. The van der Waals surface area contributed by atoms with Gasteiger partial charge < -0.3 is 4.90 Å². The highest BCUT2D eigenvalue weighted by Gasteiger charge is 2.03. The van der Waals surface area contributed by atoms with Gasteiger partial charge in [-0.05, 0) is 38.9 Å². The van der Waals surface area contributed by atoms with Crippen LogP contribution in [0.2, 0.25) is 0 Å². The van der Waals surface area contributed by atoms with Crippen LogP contribution in [0.1, 0.15) is 80.6 Å². The van der Waals surface area contributed by atoms with Crippen LogP contribution < -0.4 is 0 Å². The minimum atomic E-state index is 0.870. The molecule has 0 saturated carbocycles. The van der Waals surface area contributed by atoms with Gasteiger partial charge in [-0.1, -0.05) is 74.1 Å². The molecule has 0 aromatic carbocycles. The second kappa shape index (κ2) is 19.3. The van der Waals surface area contributed by atoms with E-state index >= 15 is 0 Å². The van der Waals surface area contributed by atoms with Gasteiger partial charge in [-0.2, -0.15) is 0 Å². The molecule has 0 aromatic rings. The summed E-state index contributed by atoms with van der Waals surface area (Å²) in [5.74, 6) is 1.79. The molecule has 0 N–H and O–H groups in total. The van der Waals surface area contributed by atoms with Crippen LogP contribution in [0, 0.1) is 11.8 Å². The van der Waals surface area contributed by atoms with Gasteiger partial charge in [0.2, 0.25) is 0 Å². The molecule has 0 saturated heterocycles. The van der Waals surface area contributed by atoms with Crippen LogP contribution in [0.15, 0.2) is 0 Å². The number of hydrogen-bond acceptors (Lipinski definition) is 1. The maximum atomic E-state index is 2.33. The van der Waals surface area contributed by atoms with Crippen molar-refractivity contribution in [1.82, 2.24) is 4.90 Å². The van der Waals surface area contributed by atoms with Crippen molar-refractivity contribution < 1.29 is 0 Å². The third-order valence-electron chi connectivity index (χ3n) is 3.09. The minimum absolute atomic E-state index is 0.870. The summed E-state index contributed by atoms with van der Waals surface area (Å²) in [6, 6.07) is 0. The number of hydrogen-bond donors (Lipinski definition) is 0. The lowest BCUT2D eigenvalue weighted by molar-refractivity contribution is 0.389. The fourth-order valence-corrected chi connectivity index (χ4v) is 1.47. The third-order valence-corrected chi connectivity index (χ3v) is 3.09. The van der Waals surface area contributed by atoms with Crippen LogP contribution in [-0.2, 0) is 0 Å². The van der Waals surface area contributed by atoms with Crippen LogP contribution >= 0.6 is 0 Å². The van der Waals surface area contributed by atoms with Crippen LogP contribution in [0.4, 0.5) is 0 Å². The van der Waals surface area contributed by atoms with E-state index in [9.17, 15) is 0 Å². The highest BCUT2D eigenvalue weighted by molar-refractivity contribution is 4.54. The Bertz CT molecular complexity index is 119. The summed E-state index contributed by atoms with van der Waals surface area (Å²) in [5, 5.41) is 0. The van der Waals surface area contributed by atoms with Crippen LogP contribution in [0.3, 0.4) is 0 Å². The zero-order chi connectivity index (χ0) is 15.0. The van der Waals surface area contributed by atoms with Crippen LogP contribution in [-0.4, -0.2) is 25.5 Å². The average molecular weight is 260 g/mol. The van der Waals surface area contributed by atoms with Gasteiger partial charge in [-0.25, -0.2) is 0 Å². The number of rotatable bonds is 7. The quantitative estimate of drug-likeness (QED) is 0.519. The first-order chi connectivity index (χ1) is 8.45. The molecule has 0 aliphatic carbocycles. The summed E-state index contributed by atoms with van der Waals surface area (Å²) in [7, 11) is 4.24. The summed E-state index contributed by atoms with van der Waals surface area (Å²) in [6.07, 6.45) is 6.77. The van der Waals surface area contributed by atoms with E-state index in [1.165, 1.54) is 38.6 Å². The predicted molar refractivity (Wildman–Crippen MR) is 88.3 cm³/mol. The van der Waals surface area contributed by atoms with Crippen molar-refractivity contribution in [3.8, 4) is 0 Å². The zero-order valence-corrected chi connectivity index (χ0v) is 14.8. The second-order valence-corrected chi connectivity index (χ2v) is 5.52. The largest absolute Gasteiger partial charge is 0.309 e. The molecule has 114 valence electrons. The lowest BCUT2D eigenvalue weighted by atomic mass is 9.94. The highest BCUT2D eigenvalue weighted by Crippen LogP contribution is 2.14. The molecule has 18 heavy (non-hydrogen) atoms. The van der Waals surface area contributed by atoms with Crippen LogP contribution in [0.25, 0.3) is 0 Å². The topological polar surface area (TPSA) is 3.24 Å². The highest BCUT2D eigenvalue weighted by atomic mass is 15.0. The van der Waals surface area contributed by atoms with Gasteiger partial charge >= 0.3 is 0 Å². The van der Waals surface area contributed by atoms with E-state index < -0.39 is 0 Å². The summed E-state index contributed by atoms with van der Waals surface area (Å²) >= 11 is 0. The first-order valence-electron chi connectivity index (χ1n) is 8.10. The Morgan fingerprint density at radius 1 is 0.833 bits per heavy atom. The molecule has 1 heteroatoms. The molecular weight excluding hydrogens is 218 g/mol. The Labute approximate surface area is 118 Å². The Morgan fingerprint density at radius 3 is 1.56 bits per heavy atom. The molecule has 0 fully saturated rings. The van der Waals surface area contributed by atoms with E-state index in [0.717, 1.165) is 11.8 Å². The summed E-state index contributed by atoms with van der Waals surface area (Å²) in [6.45, 7) is 16.6. The van der Waals surface area contributed by atoms with Crippen LogP contribution in [0.5, 0.6) is 0 Å². The van der Waals surface area contributed by atoms with Crippen molar-refractivity contribution in [2.24, 2.45) is 11.8 Å². The third kappa shape index (κ3) is 25.0. The average Bonchev–Trinajstić information content (AvgIpc) is 2.32. The van der Waals surface area contributed by atoms with Crippen molar-refractivity contribution >= 4 is 0 Å². The molecule has 0 spiro atoms. The van der Waals surface area contributed by atoms with Gasteiger partial charge in [0, 0.05) is 0 Å². The molecule has 0 aliphatic rings. The molecular formula is C17H41N. The van der Waals surface area contributed by atoms with Gasteiger partial charge in [0.1, 0.15) is 0 Å². The van der Waals surface area contributed by atoms with Crippen molar-refractivity contribution in [2.45, 2.75) is 80.6 Å². The first-order valence-corrected chi connectivity index (χ1v) is 8.10. The lowest BCUT2D eigenvalue weighted by Crippen LogP contribution is -2.12. The summed E-state index contributed by atoms with van der Waals surface area (Å²) < 4.78 is 0. The van der Waals surface area contributed by atoms with Crippen molar-refractivity contribution in [1.29, 1.82) is 0 Å². The van der Waals surface area contributed by atoms with E-state index in [0.29, 0.717) is 0 Å². The second-order valence-electron chi connectivity index (χ2n) is 5.52. The van der Waals surface area contributed by atoms with E-state index in [1.807, 2.05) is 13.8 Å². The molecule has 0 amide bonds. The molecule has 0 rings (SSSR count). The lowest BCUT2D eigenvalue weighted by Gasteiger charge is -2.12. The van der Waals surface area contributed by atoms with Crippen molar-refractivity contribution in [2.75, 3.05) is 20.6 Å². The number of nitrogens with zero attached hydrogens (tertiary/aromatic N) is 1. The van der Waals surface area contributed by atoms with Gasteiger partial charge in [0.15, 0.2) is 0 Å². The Morgan fingerprint density at radius 2 is 1.33 bits per heavy atom. The normalized spacial score (nSPS) is 11.5. The first kappa shape index (κ1) is 23.1. The Kier molecular flexibility index (Phi) is 24.8. The maximum absolute atomic E-state index is 2.33. The van der Waals surface area contributed by atoms with Gasteiger partial charge in [0.05, 0.1) is 0 Å². The molecule has 0 radical (unpaired) electrons. The van der Waals surface area contributed by atoms with Crippen molar-refractivity contribution in [3.63, 3.8) is 0 Å². The molecule has 0 aliphatic heterocycles. The fourth-order valence-electron chi connectivity index (χ4n) is 1.47. The molecule has 1 unspecified atom stereocenters. The SMILES string of the molecule is CC.CCCC(C)C(C)C.CCCCCN(C)C. The van der Waals surface area contributed by atoms with Gasteiger partial charge in [0.25, 0.3) is 0 Å². The van der Waals surface area contributed by atoms with Gasteiger partial charge in [-0.3, -0.25) is 0 Å².